The highest BCUT2D eigenvalue weighted by molar-refractivity contribution is 5.66. The Labute approximate surface area is 176 Å². The maximum Gasteiger partial charge on any atom is 0.303 e. The van der Waals surface area contributed by atoms with Crippen molar-refractivity contribution in [3.63, 3.8) is 0 Å². The van der Waals surface area contributed by atoms with Gasteiger partial charge < -0.3 is 15.3 Å². The van der Waals surface area contributed by atoms with Gasteiger partial charge in [-0.3, -0.25) is 4.79 Å². The van der Waals surface area contributed by atoms with Crippen LogP contribution in [0.5, 0.6) is 0 Å². The van der Waals surface area contributed by atoms with E-state index in [1.54, 1.807) is 0 Å². The topological polar surface area (TPSA) is 77.8 Å². The van der Waals surface area contributed by atoms with Crippen LogP contribution in [0.25, 0.3) is 0 Å². The minimum Gasteiger partial charge on any atom is -0.481 e. The van der Waals surface area contributed by atoms with Gasteiger partial charge in [-0.15, -0.1) is 0 Å². The van der Waals surface area contributed by atoms with Gasteiger partial charge in [-0.05, 0) is 111 Å². The van der Waals surface area contributed by atoms with Gasteiger partial charge in [-0.1, -0.05) is 20.8 Å². The predicted octanol–water partition coefficient (Wildman–Crippen LogP) is 4.87. The fourth-order valence-corrected chi connectivity index (χ4v) is 8.93. The monoisotopic (exact) mass is 406 g/mol. The average Bonchev–Trinajstić information content (AvgIpc) is 2.98. The molecule has 0 aliphatic heterocycles. The van der Waals surface area contributed by atoms with Gasteiger partial charge in [0.2, 0.25) is 0 Å². The molecule has 0 saturated heterocycles. The number of carboxylic acids is 1. The van der Waals surface area contributed by atoms with Gasteiger partial charge in [0.1, 0.15) is 0 Å². The van der Waals surface area contributed by atoms with Crippen molar-refractivity contribution in [3.05, 3.63) is 0 Å². The molecular formula is C25H42O4. The molecule has 4 heteroatoms. The lowest BCUT2D eigenvalue weighted by Gasteiger charge is -2.63. The van der Waals surface area contributed by atoms with Gasteiger partial charge in [0.15, 0.2) is 0 Å². The zero-order chi connectivity index (χ0) is 21.2. The summed E-state index contributed by atoms with van der Waals surface area (Å²) in [5.74, 6) is 2.28. The molecule has 0 aromatic carbocycles. The van der Waals surface area contributed by atoms with E-state index in [2.05, 4.69) is 20.8 Å². The Hall–Kier alpha value is -0.610. The smallest absolute Gasteiger partial charge is 0.303 e. The van der Waals surface area contributed by atoms with Crippen LogP contribution >= 0.6 is 0 Å². The summed E-state index contributed by atoms with van der Waals surface area (Å²) in [5.41, 5.74) is -0.0815. The second-order valence-electron chi connectivity index (χ2n) is 12.1. The number of fused-ring (bicyclic) bond motifs is 5. The van der Waals surface area contributed by atoms with Crippen LogP contribution < -0.4 is 0 Å². The first-order valence-electron chi connectivity index (χ1n) is 12.1. The fourth-order valence-electron chi connectivity index (χ4n) is 8.93. The molecule has 4 nitrogen and oxygen atoms in total. The van der Waals surface area contributed by atoms with Gasteiger partial charge in [0.25, 0.3) is 0 Å². The Bertz CT molecular complexity index is 645. The zero-order valence-corrected chi connectivity index (χ0v) is 18.9. The molecule has 3 N–H and O–H groups in total. The van der Waals surface area contributed by atoms with Crippen molar-refractivity contribution in [1.82, 2.24) is 0 Å². The maximum absolute atomic E-state index is 11.3. The number of hydrogen-bond donors (Lipinski definition) is 3. The van der Waals surface area contributed by atoms with E-state index >= 15 is 0 Å². The lowest BCUT2D eigenvalue weighted by molar-refractivity contribution is -0.186. The molecule has 0 unspecified atom stereocenters. The third-order valence-electron chi connectivity index (χ3n) is 10.5. The number of carboxylic acid groups (broad SMARTS) is 1. The van der Waals surface area contributed by atoms with Crippen LogP contribution in [0, 0.1) is 46.3 Å². The quantitative estimate of drug-likeness (QED) is 0.622. The molecule has 0 heterocycles. The fraction of sp³-hybridized carbons (Fsp3) is 0.960. The molecule has 0 aromatic heterocycles. The molecule has 4 fully saturated rings. The van der Waals surface area contributed by atoms with Gasteiger partial charge in [-0.25, -0.2) is 0 Å². The van der Waals surface area contributed by atoms with Crippen LogP contribution in [0.15, 0.2) is 0 Å². The lowest BCUT2D eigenvalue weighted by atomic mass is 9.43. The van der Waals surface area contributed by atoms with Crippen LogP contribution in [0.4, 0.5) is 0 Å². The number of aliphatic hydroxyl groups excluding tert-OH is 1. The number of aliphatic carboxylic acids is 1. The van der Waals surface area contributed by atoms with Crippen LogP contribution in [0.3, 0.4) is 0 Å². The first-order chi connectivity index (χ1) is 13.5. The molecular weight excluding hydrogens is 364 g/mol. The van der Waals surface area contributed by atoms with Crippen molar-refractivity contribution in [2.45, 2.75) is 104 Å². The predicted molar refractivity (Wildman–Crippen MR) is 113 cm³/mol. The van der Waals surface area contributed by atoms with Crippen LogP contribution in [-0.2, 0) is 4.79 Å². The third-order valence-corrected chi connectivity index (χ3v) is 10.5. The molecule has 10 atom stereocenters. The summed E-state index contributed by atoms with van der Waals surface area (Å²) in [7, 11) is 0. The van der Waals surface area contributed by atoms with Crippen molar-refractivity contribution >= 4 is 5.97 Å². The lowest BCUT2D eigenvalue weighted by Crippen LogP contribution is -2.59. The summed E-state index contributed by atoms with van der Waals surface area (Å²) >= 11 is 0. The first-order valence-corrected chi connectivity index (χ1v) is 12.1. The van der Waals surface area contributed by atoms with Crippen molar-refractivity contribution in [2.75, 3.05) is 0 Å². The Kier molecular flexibility index (Phi) is 5.38. The van der Waals surface area contributed by atoms with Crippen LogP contribution in [-0.4, -0.2) is 33.0 Å². The highest BCUT2D eigenvalue weighted by atomic mass is 16.4. The molecule has 0 spiro atoms. The maximum atomic E-state index is 11.3. The molecule has 4 aliphatic carbocycles. The normalized spacial score (nSPS) is 52.9. The summed E-state index contributed by atoms with van der Waals surface area (Å²) in [4.78, 5) is 11.1. The van der Waals surface area contributed by atoms with Gasteiger partial charge in [0, 0.05) is 6.42 Å². The molecule has 4 rings (SSSR count). The van der Waals surface area contributed by atoms with Crippen molar-refractivity contribution in [2.24, 2.45) is 46.3 Å². The second-order valence-corrected chi connectivity index (χ2v) is 12.1. The van der Waals surface area contributed by atoms with Crippen LogP contribution in [0.2, 0.25) is 0 Å². The van der Waals surface area contributed by atoms with Gasteiger partial charge in [0.05, 0.1) is 11.7 Å². The summed E-state index contributed by atoms with van der Waals surface area (Å²) in [6.07, 6.45) is 9.22. The molecule has 166 valence electrons. The molecule has 29 heavy (non-hydrogen) atoms. The molecule has 4 saturated carbocycles. The average molecular weight is 407 g/mol. The van der Waals surface area contributed by atoms with Crippen molar-refractivity contribution < 1.29 is 20.1 Å². The number of hydrogen-bond acceptors (Lipinski definition) is 3. The number of aliphatic hydroxyl groups is 2. The first kappa shape index (κ1) is 21.6. The van der Waals surface area contributed by atoms with E-state index < -0.39 is 11.6 Å². The number of rotatable bonds is 4. The highest BCUT2D eigenvalue weighted by Crippen LogP contribution is 2.68. The molecule has 0 aromatic rings. The van der Waals surface area contributed by atoms with E-state index in [4.69, 9.17) is 5.11 Å². The summed E-state index contributed by atoms with van der Waals surface area (Å²) in [5, 5.41) is 31.1. The van der Waals surface area contributed by atoms with E-state index in [0.717, 1.165) is 32.1 Å². The number of carbonyl (C=O) groups is 1. The van der Waals surface area contributed by atoms with E-state index in [1.807, 2.05) is 6.92 Å². The Balaban J connectivity index is 1.56. The summed E-state index contributed by atoms with van der Waals surface area (Å²) in [6.45, 7) is 9.14. The van der Waals surface area contributed by atoms with E-state index in [0.29, 0.717) is 35.5 Å². The van der Waals surface area contributed by atoms with Crippen molar-refractivity contribution in [1.29, 1.82) is 0 Å². The Morgan fingerprint density at radius 2 is 1.72 bits per heavy atom. The van der Waals surface area contributed by atoms with Gasteiger partial charge in [-0.2, -0.15) is 0 Å². The largest absolute Gasteiger partial charge is 0.481 e. The molecule has 0 bridgehead atoms. The summed E-state index contributed by atoms with van der Waals surface area (Å²) < 4.78 is 0. The second kappa shape index (κ2) is 7.22. The minimum absolute atomic E-state index is 0.240. The standard InChI is InChI=1S/C25H42O4/c1-15(5-8-21(27)28)17-6-7-18-22-19(9-10-25(17,18)4)24(3)12-11-23(2,29)14-16(24)13-20(22)26/h15-20,22,26,29H,5-14H2,1-4H3,(H,27,28)/t15-,16+,17-,18+,19+,20-,22+,23+,24+,25-/m1/s1. The van der Waals surface area contributed by atoms with E-state index in [1.165, 1.54) is 25.7 Å². The molecule has 0 radical (unpaired) electrons. The minimum atomic E-state index is -0.685. The van der Waals surface area contributed by atoms with E-state index in [-0.39, 0.29) is 23.4 Å². The van der Waals surface area contributed by atoms with Crippen LogP contribution in [0.1, 0.15) is 91.9 Å². The molecule has 0 amide bonds. The Morgan fingerprint density at radius 3 is 2.41 bits per heavy atom. The third kappa shape index (κ3) is 3.46. The summed E-state index contributed by atoms with van der Waals surface area (Å²) in [6, 6.07) is 0. The highest BCUT2D eigenvalue weighted by Gasteiger charge is 2.63. The molecule has 4 aliphatic rings. The SMILES string of the molecule is C[C@H](CCC(=O)O)[C@H]1CC[C@H]2[C@@H]3[C@H](O)C[C@H]4C[C@@](C)(O)CC[C@]4(C)[C@H]3CC[C@]12C. The Morgan fingerprint density at radius 1 is 1.03 bits per heavy atom. The zero-order valence-electron chi connectivity index (χ0n) is 18.9. The van der Waals surface area contributed by atoms with Gasteiger partial charge >= 0.3 is 5.97 Å². The van der Waals surface area contributed by atoms with Crippen molar-refractivity contribution in [3.8, 4) is 0 Å². The van der Waals surface area contributed by atoms with E-state index in [9.17, 15) is 15.0 Å².